The summed E-state index contributed by atoms with van der Waals surface area (Å²) in [5.74, 6) is 0. The molecule has 0 saturated heterocycles. The maximum absolute atomic E-state index is 9.88. The van der Waals surface area contributed by atoms with Gasteiger partial charge >= 0.3 is 70.2 Å². The second-order valence-electron chi connectivity index (χ2n) is 1.21. The van der Waals surface area contributed by atoms with Gasteiger partial charge < -0.3 is 0 Å². The Morgan fingerprint density at radius 1 is 1.20 bits per heavy atom. The molecule has 0 atom stereocenters. The van der Waals surface area contributed by atoms with Crippen molar-refractivity contribution in [2.45, 2.75) is 0 Å². The predicted molar refractivity (Wildman–Crippen MR) is 41.4 cm³/mol. The summed E-state index contributed by atoms with van der Waals surface area (Å²) in [6, 6.07) is 0. The first kappa shape index (κ1) is 9.76. The van der Waals surface area contributed by atoms with Crippen LogP contribution < -0.4 is 0 Å². The average molecular weight is 331 g/mol. The first-order valence-electron chi connectivity index (χ1n) is 2.50. The van der Waals surface area contributed by atoms with Gasteiger partial charge in [0.25, 0.3) is 0 Å². The Labute approximate surface area is 70.2 Å². The Morgan fingerprint density at radius 2 is 1.90 bits per heavy atom. The van der Waals surface area contributed by atoms with Crippen molar-refractivity contribution >= 4 is 13.6 Å². The second kappa shape index (κ2) is 8.76. The Balaban J connectivity index is 3.78. The second-order valence-corrected chi connectivity index (χ2v) is 5.17. The van der Waals surface area contributed by atoms with Crippen LogP contribution in [0, 0.1) is 6.58 Å². The van der Waals surface area contributed by atoms with Gasteiger partial charge in [-0.15, -0.1) is 0 Å². The van der Waals surface area contributed by atoms with Crippen LogP contribution >= 0.6 is 0 Å². The summed E-state index contributed by atoms with van der Waals surface area (Å²) in [6.07, 6.45) is 8.73. The normalized spacial score (nSPS) is 10.4. The average Bonchev–Trinajstić information content (AvgIpc) is 1.97. The van der Waals surface area contributed by atoms with E-state index in [0.29, 0.717) is 9.04 Å². The first-order chi connectivity index (χ1) is 4.91. The summed E-state index contributed by atoms with van der Waals surface area (Å²) in [7, 11) is 0.677. The summed E-state index contributed by atoms with van der Waals surface area (Å²) in [6.45, 7) is 5.07. The zero-order valence-electron chi connectivity index (χ0n) is 5.19. The van der Waals surface area contributed by atoms with Gasteiger partial charge in [-0.25, -0.2) is 0 Å². The van der Waals surface area contributed by atoms with Crippen LogP contribution in [0.5, 0.6) is 0 Å². The third-order valence-corrected chi connectivity index (χ3v) is 2.87. The molecule has 1 nitrogen and oxygen atoms in total. The molecule has 0 aliphatic rings. The SMILES string of the molecule is [CH-]=C/C=C\C=C/[CH]=[Ir]=[S]=O. The van der Waals surface area contributed by atoms with Crippen molar-refractivity contribution in [2.75, 3.05) is 0 Å². The Morgan fingerprint density at radius 3 is 2.50 bits per heavy atom. The van der Waals surface area contributed by atoms with E-state index in [2.05, 4.69) is 0 Å². The van der Waals surface area contributed by atoms with Gasteiger partial charge in [0, 0.05) is 0 Å². The molecule has 0 radical (unpaired) electrons. The molecular weight excluding hydrogens is 324 g/mol. The molecule has 3 heteroatoms. The third-order valence-electron chi connectivity index (χ3n) is 0.586. The van der Waals surface area contributed by atoms with E-state index in [1.165, 1.54) is 6.08 Å². The topological polar surface area (TPSA) is 17.1 Å². The third kappa shape index (κ3) is 7.76. The molecular formula is C7H7IrOS-. The van der Waals surface area contributed by atoms with E-state index in [1.807, 2.05) is 22.8 Å². The van der Waals surface area contributed by atoms with Gasteiger partial charge in [0.05, 0.1) is 0 Å². The van der Waals surface area contributed by atoms with Gasteiger partial charge in [0.15, 0.2) is 0 Å². The van der Waals surface area contributed by atoms with E-state index in [9.17, 15) is 4.21 Å². The summed E-state index contributed by atoms with van der Waals surface area (Å²) in [5.41, 5.74) is 0. The summed E-state index contributed by atoms with van der Waals surface area (Å²) >= 11 is -0.434. The molecule has 0 rings (SSSR count). The van der Waals surface area contributed by atoms with Crippen molar-refractivity contribution in [3.63, 3.8) is 0 Å². The summed E-state index contributed by atoms with van der Waals surface area (Å²) in [5, 5.41) is 0. The van der Waals surface area contributed by atoms with Crippen LogP contribution in [-0.2, 0) is 24.5 Å². The van der Waals surface area contributed by atoms with E-state index in [1.54, 1.807) is 6.08 Å². The van der Waals surface area contributed by atoms with Crippen molar-refractivity contribution in [1.29, 1.82) is 0 Å². The van der Waals surface area contributed by atoms with Crippen LogP contribution in [-0.4, -0.2) is 8.74 Å². The quantitative estimate of drug-likeness (QED) is 0.559. The van der Waals surface area contributed by atoms with Crippen LogP contribution in [0.15, 0.2) is 30.4 Å². The van der Waals surface area contributed by atoms with Crippen molar-refractivity contribution < 1.29 is 19.7 Å². The minimum atomic E-state index is -0.434. The van der Waals surface area contributed by atoms with Crippen molar-refractivity contribution in [2.24, 2.45) is 0 Å². The molecule has 0 aromatic carbocycles. The zero-order valence-corrected chi connectivity index (χ0v) is 8.40. The molecule has 0 unspecified atom stereocenters. The van der Waals surface area contributed by atoms with E-state index >= 15 is 0 Å². The Hall–Kier alpha value is -0.241. The van der Waals surface area contributed by atoms with Gasteiger partial charge in [-0.05, 0) is 0 Å². The standard InChI is InChI=1S/C7H7.Ir.OS/c1-3-5-7-6-4-2;;1-2/h1-7H;;/q-1;;/b5-3-,7-6-;;. The van der Waals surface area contributed by atoms with E-state index in [-0.39, 0.29) is 0 Å². The predicted octanol–water partition coefficient (Wildman–Crippen LogP) is 1.10. The number of allylic oxidation sites excluding steroid dienone is 5. The van der Waals surface area contributed by atoms with E-state index in [0.717, 1.165) is 0 Å². The molecule has 0 aliphatic carbocycles. The number of hydrogen-bond acceptors (Lipinski definition) is 1. The first-order valence-corrected chi connectivity index (χ1v) is 7.42. The van der Waals surface area contributed by atoms with Crippen molar-refractivity contribution in [3.05, 3.63) is 37.0 Å². The Kier molecular flexibility index (Phi) is 8.55. The van der Waals surface area contributed by atoms with Gasteiger partial charge in [0.1, 0.15) is 0 Å². The molecule has 0 aliphatic heterocycles. The molecule has 0 amide bonds. The molecule has 10 heavy (non-hydrogen) atoms. The van der Waals surface area contributed by atoms with E-state index < -0.39 is 15.5 Å². The van der Waals surface area contributed by atoms with Gasteiger partial charge in [0.2, 0.25) is 0 Å². The van der Waals surface area contributed by atoms with Crippen molar-refractivity contribution in [3.8, 4) is 0 Å². The van der Waals surface area contributed by atoms with Crippen LogP contribution in [0.2, 0.25) is 0 Å². The molecule has 0 aromatic heterocycles. The molecule has 0 heterocycles. The number of hydrogen-bond donors (Lipinski definition) is 0. The number of rotatable bonds is 3. The van der Waals surface area contributed by atoms with Crippen LogP contribution in [0.3, 0.4) is 0 Å². The van der Waals surface area contributed by atoms with Crippen LogP contribution in [0.4, 0.5) is 0 Å². The van der Waals surface area contributed by atoms with Crippen molar-refractivity contribution in [1.82, 2.24) is 0 Å². The molecule has 0 saturated carbocycles. The Bertz CT molecular complexity index is 230. The van der Waals surface area contributed by atoms with Crippen LogP contribution in [0.1, 0.15) is 0 Å². The molecule has 0 aromatic rings. The molecule has 0 N–H and O–H groups in total. The van der Waals surface area contributed by atoms with Crippen LogP contribution in [0.25, 0.3) is 0 Å². The monoisotopic (exact) mass is 332 g/mol. The molecule has 0 bridgehead atoms. The maximum atomic E-state index is 9.88. The fourth-order valence-electron chi connectivity index (χ4n) is 0.274. The summed E-state index contributed by atoms with van der Waals surface area (Å²) in [4.78, 5) is 0. The fraction of sp³-hybridized carbons (Fsp3) is 0. The fourth-order valence-corrected chi connectivity index (χ4v) is 1.59. The minimum absolute atomic E-state index is 0.434. The van der Waals surface area contributed by atoms with Gasteiger partial charge in [-0.1, -0.05) is 0 Å². The summed E-state index contributed by atoms with van der Waals surface area (Å²) < 4.78 is 11.8. The van der Waals surface area contributed by atoms with Gasteiger partial charge in [-0.2, -0.15) is 0 Å². The molecule has 57 valence electrons. The zero-order chi connectivity index (χ0) is 7.66. The van der Waals surface area contributed by atoms with Gasteiger partial charge in [-0.3, -0.25) is 0 Å². The van der Waals surface area contributed by atoms with E-state index in [4.69, 9.17) is 6.58 Å². The molecule has 0 spiro atoms. The molecule has 0 fully saturated rings.